The van der Waals surface area contributed by atoms with E-state index in [2.05, 4.69) is 4.98 Å². The Balaban J connectivity index is 2.38. The van der Waals surface area contributed by atoms with Crippen molar-refractivity contribution in [3.05, 3.63) is 41.4 Å². The SMILES string of the molecule is CN(CCO)C(=O)c1ncoc1-c1ccccc1Cl. The smallest absolute Gasteiger partial charge is 0.276 e. The van der Waals surface area contributed by atoms with E-state index in [4.69, 9.17) is 21.1 Å². The second kappa shape index (κ2) is 5.86. The van der Waals surface area contributed by atoms with Crippen molar-refractivity contribution in [2.75, 3.05) is 20.2 Å². The van der Waals surface area contributed by atoms with Crippen LogP contribution in [0.5, 0.6) is 0 Å². The molecule has 0 bridgehead atoms. The first-order valence-electron chi connectivity index (χ1n) is 5.70. The molecule has 0 radical (unpaired) electrons. The lowest BCUT2D eigenvalue weighted by Crippen LogP contribution is -2.30. The second-order valence-electron chi connectivity index (χ2n) is 3.96. The molecular weight excluding hydrogens is 268 g/mol. The van der Waals surface area contributed by atoms with Gasteiger partial charge in [-0.2, -0.15) is 0 Å². The summed E-state index contributed by atoms with van der Waals surface area (Å²) in [6.45, 7) is 0.120. The minimum absolute atomic E-state index is 0.110. The minimum atomic E-state index is -0.322. The van der Waals surface area contributed by atoms with Gasteiger partial charge in [-0.05, 0) is 12.1 Å². The molecule has 1 amide bonds. The number of amides is 1. The van der Waals surface area contributed by atoms with Crippen molar-refractivity contribution >= 4 is 17.5 Å². The first-order chi connectivity index (χ1) is 9.15. The van der Waals surface area contributed by atoms with Gasteiger partial charge in [0.1, 0.15) is 0 Å². The molecule has 0 aliphatic carbocycles. The van der Waals surface area contributed by atoms with Gasteiger partial charge in [0.25, 0.3) is 5.91 Å². The van der Waals surface area contributed by atoms with Crippen LogP contribution in [0.2, 0.25) is 5.02 Å². The van der Waals surface area contributed by atoms with E-state index < -0.39 is 0 Å². The fraction of sp³-hybridized carbons (Fsp3) is 0.231. The highest BCUT2D eigenvalue weighted by Crippen LogP contribution is 2.30. The number of benzene rings is 1. The van der Waals surface area contributed by atoms with Crippen LogP contribution in [0.4, 0.5) is 0 Å². The molecule has 1 N–H and O–H groups in total. The zero-order chi connectivity index (χ0) is 13.8. The van der Waals surface area contributed by atoms with E-state index in [-0.39, 0.29) is 24.8 Å². The molecule has 1 aromatic heterocycles. The number of aliphatic hydroxyl groups is 1. The lowest BCUT2D eigenvalue weighted by atomic mass is 10.1. The van der Waals surface area contributed by atoms with Crippen LogP contribution in [0.1, 0.15) is 10.5 Å². The average molecular weight is 281 g/mol. The summed E-state index contributed by atoms with van der Waals surface area (Å²) in [6.07, 6.45) is 1.21. The fourth-order valence-electron chi connectivity index (χ4n) is 1.67. The Hall–Kier alpha value is -1.85. The van der Waals surface area contributed by atoms with Crippen LogP contribution >= 0.6 is 11.6 Å². The molecular formula is C13H13ClN2O3. The molecule has 1 aromatic carbocycles. The van der Waals surface area contributed by atoms with Gasteiger partial charge in [0.15, 0.2) is 17.8 Å². The summed E-state index contributed by atoms with van der Waals surface area (Å²) in [5.74, 6) is 0.0121. The second-order valence-corrected chi connectivity index (χ2v) is 4.37. The van der Waals surface area contributed by atoms with E-state index in [9.17, 15) is 4.79 Å². The standard InChI is InChI=1S/C13H13ClN2O3/c1-16(6-7-17)13(18)11-12(19-8-15-11)9-4-2-3-5-10(9)14/h2-5,8,17H,6-7H2,1H3. The summed E-state index contributed by atoms with van der Waals surface area (Å²) in [7, 11) is 1.59. The monoisotopic (exact) mass is 280 g/mol. The Kier molecular flexibility index (Phi) is 4.19. The number of rotatable bonds is 4. The molecule has 0 atom stereocenters. The number of hydrogen-bond acceptors (Lipinski definition) is 4. The van der Waals surface area contributed by atoms with Gasteiger partial charge in [-0.1, -0.05) is 23.7 Å². The Bertz CT molecular complexity index is 583. The number of aliphatic hydroxyl groups excluding tert-OH is 1. The summed E-state index contributed by atoms with van der Waals surface area (Å²) in [5.41, 5.74) is 0.798. The van der Waals surface area contributed by atoms with Crippen molar-refractivity contribution < 1.29 is 14.3 Å². The molecule has 0 fully saturated rings. The fourth-order valence-corrected chi connectivity index (χ4v) is 1.89. The van der Waals surface area contributed by atoms with Crippen LogP contribution in [-0.4, -0.2) is 41.1 Å². The van der Waals surface area contributed by atoms with Gasteiger partial charge in [0.05, 0.1) is 11.6 Å². The lowest BCUT2D eigenvalue weighted by molar-refractivity contribution is 0.0762. The topological polar surface area (TPSA) is 66.6 Å². The molecule has 2 aromatic rings. The van der Waals surface area contributed by atoms with Gasteiger partial charge in [0, 0.05) is 19.2 Å². The highest BCUT2D eigenvalue weighted by molar-refractivity contribution is 6.33. The number of nitrogens with zero attached hydrogens (tertiary/aromatic N) is 2. The van der Waals surface area contributed by atoms with Crippen LogP contribution in [0.25, 0.3) is 11.3 Å². The summed E-state index contributed by atoms with van der Waals surface area (Å²) < 4.78 is 5.28. The number of likely N-dealkylation sites (N-methyl/N-ethyl adjacent to an activating group) is 1. The summed E-state index contributed by atoms with van der Waals surface area (Å²) in [4.78, 5) is 17.5. The molecule has 0 saturated carbocycles. The number of carbonyl (C=O) groups is 1. The van der Waals surface area contributed by atoms with E-state index in [1.165, 1.54) is 11.3 Å². The van der Waals surface area contributed by atoms with Crippen LogP contribution in [0, 0.1) is 0 Å². The van der Waals surface area contributed by atoms with E-state index in [1.54, 1.807) is 31.3 Å². The number of halogens is 1. The molecule has 0 spiro atoms. The molecule has 0 aliphatic rings. The van der Waals surface area contributed by atoms with Gasteiger partial charge in [-0.25, -0.2) is 4.98 Å². The quantitative estimate of drug-likeness (QED) is 0.931. The Morgan fingerprint density at radius 1 is 1.47 bits per heavy atom. The van der Waals surface area contributed by atoms with E-state index in [1.807, 2.05) is 0 Å². The molecule has 0 unspecified atom stereocenters. The largest absolute Gasteiger partial charge is 0.443 e. The first-order valence-corrected chi connectivity index (χ1v) is 6.07. The number of hydrogen-bond donors (Lipinski definition) is 1. The summed E-state index contributed by atoms with van der Waals surface area (Å²) >= 11 is 6.08. The number of oxazole rings is 1. The third-order valence-electron chi connectivity index (χ3n) is 2.67. The van der Waals surface area contributed by atoms with E-state index >= 15 is 0 Å². The lowest BCUT2D eigenvalue weighted by Gasteiger charge is -2.14. The van der Waals surface area contributed by atoms with E-state index in [0.717, 1.165) is 0 Å². The molecule has 0 saturated heterocycles. The molecule has 0 aliphatic heterocycles. The predicted octanol–water partition coefficient (Wildman–Crippen LogP) is 2.06. The minimum Gasteiger partial charge on any atom is -0.443 e. The van der Waals surface area contributed by atoms with Crippen LogP contribution in [-0.2, 0) is 0 Å². The van der Waals surface area contributed by atoms with Gasteiger partial charge in [-0.3, -0.25) is 4.79 Å². The van der Waals surface area contributed by atoms with Crippen molar-refractivity contribution in [1.82, 2.24) is 9.88 Å². The molecule has 5 nitrogen and oxygen atoms in total. The summed E-state index contributed by atoms with van der Waals surface area (Å²) in [5, 5.41) is 9.34. The van der Waals surface area contributed by atoms with Crippen molar-refractivity contribution in [1.29, 1.82) is 0 Å². The Labute approximate surface area is 115 Å². The molecule has 2 rings (SSSR count). The van der Waals surface area contributed by atoms with Crippen LogP contribution < -0.4 is 0 Å². The van der Waals surface area contributed by atoms with Gasteiger partial charge in [-0.15, -0.1) is 0 Å². The maximum Gasteiger partial charge on any atom is 0.276 e. The van der Waals surface area contributed by atoms with Crippen LogP contribution in [0.15, 0.2) is 35.1 Å². The van der Waals surface area contributed by atoms with Gasteiger partial charge in [0.2, 0.25) is 0 Å². The number of carbonyl (C=O) groups excluding carboxylic acids is 1. The van der Waals surface area contributed by atoms with Crippen molar-refractivity contribution in [2.45, 2.75) is 0 Å². The normalized spacial score (nSPS) is 10.5. The first kappa shape index (κ1) is 13.6. The van der Waals surface area contributed by atoms with Crippen molar-refractivity contribution in [2.24, 2.45) is 0 Å². The van der Waals surface area contributed by atoms with Crippen molar-refractivity contribution in [3.63, 3.8) is 0 Å². The highest BCUT2D eigenvalue weighted by atomic mass is 35.5. The molecule has 19 heavy (non-hydrogen) atoms. The Morgan fingerprint density at radius 3 is 2.89 bits per heavy atom. The maximum absolute atomic E-state index is 12.2. The average Bonchev–Trinajstić information content (AvgIpc) is 2.87. The van der Waals surface area contributed by atoms with Gasteiger partial charge < -0.3 is 14.4 Å². The zero-order valence-corrected chi connectivity index (χ0v) is 11.1. The summed E-state index contributed by atoms with van der Waals surface area (Å²) in [6, 6.07) is 7.06. The third-order valence-corrected chi connectivity index (χ3v) is 3.00. The maximum atomic E-state index is 12.2. The van der Waals surface area contributed by atoms with Crippen molar-refractivity contribution in [3.8, 4) is 11.3 Å². The third kappa shape index (κ3) is 2.77. The predicted molar refractivity (Wildman–Crippen MR) is 71.0 cm³/mol. The van der Waals surface area contributed by atoms with Gasteiger partial charge >= 0.3 is 0 Å². The number of aromatic nitrogens is 1. The Morgan fingerprint density at radius 2 is 2.21 bits per heavy atom. The van der Waals surface area contributed by atoms with Crippen LogP contribution in [0.3, 0.4) is 0 Å². The van der Waals surface area contributed by atoms with E-state index in [0.29, 0.717) is 16.3 Å². The molecule has 1 heterocycles. The molecule has 6 heteroatoms. The molecule has 100 valence electrons. The zero-order valence-electron chi connectivity index (χ0n) is 10.3. The highest BCUT2D eigenvalue weighted by Gasteiger charge is 2.22.